The summed E-state index contributed by atoms with van der Waals surface area (Å²) in [7, 11) is -3.31. The standard InChI is InChI=1S/C28H30F4N4O4S/c1-2-41(38,39)25-9-3-19(4-10-25)14-33-26(37)22-15-34-27(35-16-22)36-17-21(13-24(36)18-40-12-11-29)20-5-7-23(8-6-20)28(30,31)32/h3-10,15-16,21,24H,2,11-14,17-18H2,1H3,(H,33,37)/t21?,24-/m0/s1. The van der Waals surface area contributed by atoms with E-state index in [2.05, 4.69) is 15.3 Å². The van der Waals surface area contributed by atoms with Crippen LogP contribution in [0.1, 0.15) is 46.3 Å². The minimum Gasteiger partial charge on any atom is -0.377 e. The Morgan fingerprint density at radius 3 is 2.32 bits per heavy atom. The number of anilines is 1. The summed E-state index contributed by atoms with van der Waals surface area (Å²) in [5, 5.41) is 2.75. The molecule has 1 unspecified atom stereocenters. The SMILES string of the molecule is CCS(=O)(=O)c1ccc(CNC(=O)c2cnc(N3CC(c4ccc(C(F)(F)F)cc4)C[C@H]3COCCF)nc2)cc1. The Hall–Kier alpha value is -3.58. The zero-order valence-corrected chi connectivity index (χ0v) is 23.1. The Bertz CT molecular complexity index is 1420. The van der Waals surface area contributed by atoms with Crippen LogP contribution < -0.4 is 10.2 Å². The average Bonchev–Trinajstić information content (AvgIpc) is 3.40. The van der Waals surface area contributed by atoms with E-state index < -0.39 is 34.2 Å². The van der Waals surface area contributed by atoms with Gasteiger partial charge in [0.05, 0.1) is 41.0 Å². The summed E-state index contributed by atoms with van der Waals surface area (Å²) in [6, 6.07) is 11.0. The number of ether oxygens (including phenoxy) is 1. The molecule has 2 aromatic carbocycles. The molecule has 3 aromatic rings. The fourth-order valence-electron chi connectivity index (χ4n) is 4.63. The number of sulfone groups is 1. The Balaban J connectivity index is 1.42. The van der Waals surface area contributed by atoms with Crippen LogP contribution in [-0.4, -0.2) is 62.5 Å². The molecular weight excluding hydrogens is 564 g/mol. The van der Waals surface area contributed by atoms with Crippen molar-refractivity contribution in [2.75, 3.05) is 37.1 Å². The van der Waals surface area contributed by atoms with Gasteiger partial charge in [-0.3, -0.25) is 4.79 Å². The fourth-order valence-corrected chi connectivity index (χ4v) is 5.52. The first kappa shape index (κ1) is 30.4. The van der Waals surface area contributed by atoms with Crippen LogP contribution in [0.3, 0.4) is 0 Å². The average molecular weight is 595 g/mol. The molecule has 1 aromatic heterocycles. The molecule has 4 rings (SSSR count). The largest absolute Gasteiger partial charge is 0.416 e. The fraction of sp³-hybridized carbons (Fsp3) is 0.393. The molecule has 0 aliphatic carbocycles. The highest BCUT2D eigenvalue weighted by molar-refractivity contribution is 7.91. The molecule has 8 nitrogen and oxygen atoms in total. The number of benzene rings is 2. The molecule has 41 heavy (non-hydrogen) atoms. The van der Waals surface area contributed by atoms with Gasteiger partial charge in [-0.1, -0.05) is 31.2 Å². The number of nitrogens with zero attached hydrogens (tertiary/aromatic N) is 3. The van der Waals surface area contributed by atoms with Gasteiger partial charge in [0.25, 0.3) is 5.91 Å². The van der Waals surface area contributed by atoms with E-state index >= 15 is 0 Å². The molecule has 1 saturated heterocycles. The number of halogens is 4. The zero-order valence-electron chi connectivity index (χ0n) is 22.3. The highest BCUT2D eigenvalue weighted by atomic mass is 32.2. The van der Waals surface area contributed by atoms with Crippen LogP contribution in [0.15, 0.2) is 65.8 Å². The van der Waals surface area contributed by atoms with Gasteiger partial charge in [0.15, 0.2) is 9.84 Å². The minimum absolute atomic E-state index is 0.00237. The van der Waals surface area contributed by atoms with Gasteiger partial charge in [-0.05, 0) is 41.8 Å². The van der Waals surface area contributed by atoms with E-state index in [1.54, 1.807) is 19.1 Å². The maximum atomic E-state index is 13.0. The van der Waals surface area contributed by atoms with Crippen molar-refractivity contribution in [2.45, 2.75) is 42.9 Å². The molecule has 1 aliphatic rings. The number of amides is 1. The van der Waals surface area contributed by atoms with Crippen LogP contribution in [0.25, 0.3) is 0 Å². The van der Waals surface area contributed by atoms with Crippen LogP contribution in [-0.2, 0) is 27.3 Å². The normalized spacial score (nSPS) is 17.5. The van der Waals surface area contributed by atoms with Gasteiger partial charge in [0.2, 0.25) is 5.95 Å². The first-order chi connectivity index (χ1) is 19.5. The van der Waals surface area contributed by atoms with Crippen molar-refractivity contribution in [3.8, 4) is 0 Å². The quantitative estimate of drug-likeness (QED) is 0.257. The topological polar surface area (TPSA) is 101 Å². The third kappa shape index (κ3) is 7.59. The number of hydrogen-bond acceptors (Lipinski definition) is 7. The van der Waals surface area contributed by atoms with Gasteiger partial charge in [-0.25, -0.2) is 22.8 Å². The molecule has 1 fully saturated rings. The van der Waals surface area contributed by atoms with Crippen LogP contribution in [0.5, 0.6) is 0 Å². The predicted octanol–water partition coefficient (Wildman–Crippen LogP) is 4.57. The molecule has 1 amide bonds. The van der Waals surface area contributed by atoms with Gasteiger partial charge in [0, 0.05) is 31.4 Å². The Labute approximate surface area is 235 Å². The van der Waals surface area contributed by atoms with E-state index in [0.29, 0.717) is 24.5 Å². The third-order valence-electron chi connectivity index (χ3n) is 6.93. The minimum atomic E-state index is -4.42. The number of nitrogens with one attached hydrogen (secondary N) is 1. The summed E-state index contributed by atoms with van der Waals surface area (Å²) < 4.78 is 80.9. The van der Waals surface area contributed by atoms with Crippen LogP contribution in [0, 0.1) is 0 Å². The van der Waals surface area contributed by atoms with Crippen molar-refractivity contribution in [1.82, 2.24) is 15.3 Å². The van der Waals surface area contributed by atoms with Gasteiger partial charge in [-0.15, -0.1) is 0 Å². The summed E-state index contributed by atoms with van der Waals surface area (Å²) >= 11 is 0. The Kier molecular flexibility index (Phi) is 9.59. The van der Waals surface area contributed by atoms with Crippen molar-refractivity contribution < 1.29 is 35.5 Å². The maximum Gasteiger partial charge on any atom is 0.416 e. The number of hydrogen-bond donors (Lipinski definition) is 1. The van der Waals surface area contributed by atoms with Crippen molar-refractivity contribution in [3.05, 3.63) is 83.2 Å². The molecule has 0 bridgehead atoms. The molecule has 1 aliphatic heterocycles. The lowest BCUT2D eigenvalue weighted by Gasteiger charge is -2.24. The Morgan fingerprint density at radius 1 is 1.07 bits per heavy atom. The number of carbonyl (C=O) groups is 1. The lowest BCUT2D eigenvalue weighted by Crippen LogP contribution is -2.35. The van der Waals surface area contributed by atoms with Crippen LogP contribution >= 0.6 is 0 Å². The molecule has 0 radical (unpaired) electrons. The van der Waals surface area contributed by atoms with Gasteiger partial charge < -0.3 is 15.0 Å². The zero-order chi connectivity index (χ0) is 29.6. The lowest BCUT2D eigenvalue weighted by molar-refractivity contribution is -0.137. The van der Waals surface area contributed by atoms with Crippen molar-refractivity contribution >= 4 is 21.7 Å². The summed E-state index contributed by atoms with van der Waals surface area (Å²) in [6.45, 7) is 1.61. The first-order valence-electron chi connectivity index (χ1n) is 13.0. The summed E-state index contributed by atoms with van der Waals surface area (Å²) in [5.41, 5.74) is 0.931. The van der Waals surface area contributed by atoms with Gasteiger partial charge in [-0.2, -0.15) is 13.2 Å². The number of rotatable bonds is 11. The van der Waals surface area contributed by atoms with Crippen molar-refractivity contribution in [2.24, 2.45) is 0 Å². The van der Waals surface area contributed by atoms with E-state index in [9.17, 15) is 30.8 Å². The summed E-state index contributed by atoms with van der Waals surface area (Å²) in [6.07, 6.45) is -1.13. The molecule has 13 heteroatoms. The number of alkyl halides is 4. The molecule has 2 atom stereocenters. The van der Waals surface area contributed by atoms with E-state index in [4.69, 9.17) is 4.74 Å². The molecular formula is C28H30F4N4O4S. The third-order valence-corrected chi connectivity index (χ3v) is 8.68. The summed E-state index contributed by atoms with van der Waals surface area (Å²) in [5.74, 6) is -0.231. The smallest absolute Gasteiger partial charge is 0.377 e. The molecule has 0 spiro atoms. The van der Waals surface area contributed by atoms with E-state index in [1.165, 1.54) is 36.7 Å². The lowest BCUT2D eigenvalue weighted by atomic mass is 9.95. The highest BCUT2D eigenvalue weighted by Crippen LogP contribution is 2.36. The second-order valence-electron chi connectivity index (χ2n) is 9.62. The van der Waals surface area contributed by atoms with Crippen LogP contribution in [0.4, 0.5) is 23.5 Å². The van der Waals surface area contributed by atoms with Gasteiger partial charge >= 0.3 is 6.18 Å². The van der Waals surface area contributed by atoms with Crippen LogP contribution in [0.2, 0.25) is 0 Å². The van der Waals surface area contributed by atoms with E-state index in [-0.39, 0.29) is 47.9 Å². The first-order valence-corrected chi connectivity index (χ1v) is 14.7. The van der Waals surface area contributed by atoms with Crippen molar-refractivity contribution in [1.29, 1.82) is 0 Å². The van der Waals surface area contributed by atoms with Crippen molar-refractivity contribution in [3.63, 3.8) is 0 Å². The highest BCUT2D eigenvalue weighted by Gasteiger charge is 2.36. The number of carbonyl (C=O) groups excluding carboxylic acids is 1. The monoisotopic (exact) mass is 594 g/mol. The molecule has 2 heterocycles. The van der Waals surface area contributed by atoms with E-state index in [1.807, 2.05) is 4.90 Å². The number of aromatic nitrogens is 2. The summed E-state index contributed by atoms with van der Waals surface area (Å²) in [4.78, 5) is 23.4. The second-order valence-corrected chi connectivity index (χ2v) is 11.9. The molecule has 0 saturated carbocycles. The van der Waals surface area contributed by atoms with E-state index in [0.717, 1.165) is 17.7 Å². The molecule has 220 valence electrons. The Morgan fingerprint density at radius 2 is 1.73 bits per heavy atom. The maximum absolute atomic E-state index is 13.0. The molecule has 1 N–H and O–H groups in total. The predicted molar refractivity (Wildman–Crippen MR) is 144 cm³/mol. The second kappa shape index (κ2) is 12.9. The van der Waals surface area contributed by atoms with Gasteiger partial charge in [0.1, 0.15) is 6.67 Å².